The van der Waals surface area contributed by atoms with Gasteiger partial charge in [0.05, 0.1) is 6.04 Å². The molecule has 1 aromatic carbocycles. The van der Waals surface area contributed by atoms with Gasteiger partial charge in [0, 0.05) is 36.5 Å². The number of carboxylic acids is 2. The third-order valence-electron chi connectivity index (χ3n) is 6.88. The summed E-state index contributed by atoms with van der Waals surface area (Å²) >= 11 is 0. The summed E-state index contributed by atoms with van der Waals surface area (Å²) in [7, 11) is 0. The smallest absolute Gasteiger partial charge is 0.326 e. The minimum absolute atomic E-state index is 0.00593. The molecule has 0 saturated heterocycles. The van der Waals surface area contributed by atoms with Crippen molar-refractivity contribution in [2.24, 2.45) is 27.9 Å². The Morgan fingerprint density at radius 3 is 2.16 bits per heavy atom. The van der Waals surface area contributed by atoms with Gasteiger partial charge >= 0.3 is 11.9 Å². The summed E-state index contributed by atoms with van der Waals surface area (Å²) in [6.45, 7) is 0.572. The van der Waals surface area contributed by atoms with Gasteiger partial charge < -0.3 is 54.1 Å². The molecule has 242 valence electrons. The zero-order chi connectivity index (χ0) is 32.6. The van der Waals surface area contributed by atoms with Gasteiger partial charge in [-0.2, -0.15) is 0 Å². The van der Waals surface area contributed by atoms with Gasteiger partial charge in [-0.3, -0.25) is 24.2 Å². The number of carboxylic acid groups (broad SMARTS) is 2. The third-order valence-corrected chi connectivity index (χ3v) is 6.88. The first-order valence-electron chi connectivity index (χ1n) is 14.3. The van der Waals surface area contributed by atoms with Crippen molar-refractivity contribution < 1.29 is 34.2 Å². The van der Waals surface area contributed by atoms with Gasteiger partial charge in [-0.15, -0.1) is 0 Å². The number of aromatic amines is 1. The fraction of sp³-hybridized carbons (Fsp3) is 0.500. The topological polar surface area (TPSA) is 294 Å². The van der Waals surface area contributed by atoms with Crippen LogP contribution in [0.1, 0.15) is 50.5 Å². The Hall–Kier alpha value is -4.70. The van der Waals surface area contributed by atoms with Crippen LogP contribution >= 0.6 is 0 Å². The summed E-state index contributed by atoms with van der Waals surface area (Å²) in [6.07, 6.45) is 2.80. The number of hydrogen-bond acceptors (Lipinski definition) is 8. The molecule has 4 unspecified atom stereocenters. The summed E-state index contributed by atoms with van der Waals surface area (Å²) in [5.74, 6) is -4.95. The summed E-state index contributed by atoms with van der Waals surface area (Å²) in [4.78, 5) is 69.5. The number of aliphatic carboxylic acids is 2. The van der Waals surface area contributed by atoms with Crippen LogP contribution in [0.3, 0.4) is 0 Å². The number of carbonyl (C=O) groups excluding carboxylic acids is 3. The number of nitrogens with zero attached hydrogens (tertiary/aromatic N) is 1. The first kappa shape index (κ1) is 35.5. The predicted molar refractivity (Wildman–Crippen MR) is 163 cm³/mol. The lowest BCUT2D eigenvalue weighted by molar-refractivity contribution is -0.143. The third kappa shape index (κ3) is 11.9. The van der Waals surface area contributed by atoms with E-state index in [1.54, 1.807) is 6.20 Å². The number of para-hydroxylation sites is 1. The van der Waals surface area contributed by atoms with E-state index in [1.165, 1.54) is 0 Å². The Labute approximate surface area is 254 Å². The van der Waals surface area contributed by atoms with E-state index < -0.39 is 60.2 Å². The molecule has 1 aromatic heterocycles. The van der Waals surface area contributed by atoms with Crippen molar-refractivity contribution >= 4 is 46.5 Å². The van der Waals surface area contributed by atoms with Gasteiger partial charge in [0.25, 0.3) is 0 Å². The highest BCUT2D eigenvalue weighted by atomic mass is 16.4. The average Bonchev–Trinajstić information content (AvgIpc) is 3.38. The van der Waals surface area contributed by atoms with E-state index in [0.29, 0.717) is 25.8 Å². The van der Waals surface area contributed by atoms with E-state index in [9.17, 15) is 29.1 Å². The second-order valence-corrected chi connectivity index (χ2v) is 10.4. The second kappa shape index (κ2) is 18.1. The molecule has 3 amide bonds. The van der Waals surface area contributed by atoms with E-state index in [1.807, 2.05) is 24.3 Å². The number of carbonyl (C=O) groups is 5. The van der Waals surface area contributed by atoms with Gasteiger partial charge in [0.15, 0.2) is 5.96 Å². The molecule has 0 aliphatic heterocycles. The molecule has 0 saturated carbocycles. The van der Waals surface area contributed by atoms with Crippen LogP contribution in [0.4, 0.5) is 0 Å². The molecule has 2 rings (SSSR count). The van der Waals surface area contributed by atoms with E-state index in [4.69, 9.17) is 28.0 Å². The fourth-order valence-corrected chi connectivity index (χ4v) is 4.49. The summed E-state index contributed by atoms with van der Waals surface area (Å²) < 4.78 is 0. The molecule has 0 fully saturated rings. The van der Waals surface area contributed by atoms with Gasteiger partial charge in [-0.25, -0.2) is 4.79 Å². The Kier molecular flexibility index (Phi) is 14.6. The van der Waals surface area contributed by atoms with Crippen LogP contribution < -0.4 is 38.9 Å². The lowest BCUT2D eigenvalue weighted by Gasteiger charge is -2.25. The van der Waals surface area contributed by atoms with Crippen molar-refractivity contribution in [2.75, 3.05) is 13.1 Å². The van der Waals surface area contributed by atoms with Crippen molar-refractivity contribution in [1.82, 2.24) is 20.9 Å². The number of hydrogen-bond donors (Lipinski definition) is 10. The molecule has 1 heterocycles. The maximum absolute atomic E-state index is 13.7. The minimum Gasteiger partial charge on any atom is -0.481 e. The van der Waals surface area contributed by atoms with Gasteiger partial charge in [-0.1, -0.05) is 24.6 Å². The molecule has 2 aromatic rings. The first-order chi connectivity index (χ1) is 20.9. The maximum Gasteiger partial charge on any atom is 0.326 e. The molecule has 0 radical (unpaired) electrons. The predicted octanol–water partition coefficient (Wildman–Crippen LogP) is -1.38. The highest BCUT2D eigenvalue weighted by Gasteiger charge is 2.31. The zero-order valence-electron chi connectivity index (χ0n) is 24.5. The van der Waals surface area contributed by atoms with Crippen LogP contribution in [0, 0.1) is 0 Å². The Morgan fingerprint density at radius 1 is 0.841 bits per heavy atom. The molecule has 16 heteroatoms. The minimum atomic E-state index is -1.51. The largest absolute Gasteiger partial charge is 0.481 e. The van der Waals surface area contributed by atoms with Crippen LogP contribution in [0.5, 0.6) is 0 Å². The fourth-order valence-electron chi connectivity index (χ4n) is 4.49. The number of nitrogens with two attached hydrogens (primary N) is 4. The van der Waals surface area contributed by atoms with Crippen LogP contribution in [-0.2, 0) is 30.4 Å². The molecule has 0 bridgehead atoms. The van der Waals surface area contributed by atoms with Gasteiger partial charge in [0.2, 0.25) is 17.7 Å². The van der Waals surface area contributed by atoms with Crippen LogP contribution in [0.25, 0.3) is 10.9 Å². The lowest BCUT2D eigenvalue weighted by atomic mass is 10.0. The molecular weight excluding hydrogens is 574 g/mol. The van der Waals surface area contributed by atoms with E-state index in [-0.39, 0.29) is 38.2 Å². The van der Waals surface area contributed by atoms with Crippen LogP contribution in [-0.4, -0.2) is 88.1 Å². The molecule has 0 aliphatic carbocycles. The molecule has 16 nitrogen and oxygen atoms in total. The van der Waals surface area contributed by atoms with Crippen LogP contribution in [0.2, 0.25) is 0 Å². The maximum atomic E-state index is 13.7. The number of amides is 3. The van der Waals surface area contributed by atoms with Crippen molar-refractivity contribution in [3.05, 3.63) is 36.0 Å². The van der Waals surface area contributed by atoms with Crippen molar-refractivity contribution in [2.45, 2.75) is 75.5 Å². The highest BCUT2D eigenvalue weighted by Crippen LogP contribution is 2.19. The van der Waals surface area contributed by atoms with E-state index >= 15 is 0 Å². The summed E-state index contributed by atoms with van der Waals surface area (Å²) in [5.41, 5.74) is 23.9. The standard InChI is InChI=1S/C28H43N9O7/c29-12-4-3-7-18(30)24(40)37-22(14-16-15-34-19-8-2-1-6-17(16)19)26(42)35-20(9-5-13-33-28(31)32)25(41)36-21(27(43)44)10-11-23(38)39/h1-2,6,8,15,18,20-22,34H,3-5,7,9-14,29-30H2,(H,35,42)(H,36,41)(H,37,40)(H,38,39)(H,43,44)(H4,31,32,33). The number of rotatable bonds is 20. The van der Waals surface area contributed by atoms with E-state index in [0.717, 1.165) is 16.5 Å². The molecular formula is C28H43N9O7. The quantitative estimate of drug-likeness (QED) is 0.0469. The number of benzene rings is 1. The second-order valence-electron chi connectivity index (χ2n) is 10.4. The average molecular weight is 618 g/mol. The molecule has 0 spiro atoms. The Morgan fingerprint density at radius 2 is 1.50 bits per heavy atom. The number of fused-ring (bicyclic) bond motifs is 1. The number of guanidine groups is 1. The van der Waals surface area contributed by atoms with Crippen molar-refractivity contribution in [3.63, 3.8) is 0 Å². The number of H-pyrrole nitrogens is 1. The molecule has 0 aliphatic rings. The molecule has 14 N–H and O–H groups in total. The first-order valence-corrected chi connectivity index (χ1v) is 14.3. The van der Waals surface area contributed by atoms with Gasteiger partial charge in [0.1, 0.15) is 18.1 Å². The Bertz CT molecular complexity index is 1310. The normalized spacial score (nSPS) is 13.7. The number of unbranched alkanes of at least 4 members (excludes halogenated alkanes) is 1. The summed E-state index contributed by atoms with van der Waals surface area (Å²) in [6, 6.07) is 2.58. The van der Waals surface area contributed by atoms with E-state index in [2.05, 4.69) is 25.9 Å². The summed E-state index contributed by atoms with van der Waals surface area (Å²) in [5, 5.41) is 26.9. The number of aliphatic imine (C=N–C) groups is 1. The van der Waals surface area contributed by atoms with Crippen molar-refractivity contribution in [3.8, 4) is 0 Å². The van der Waals surface area contributed by atoms with Crippen molar-refractivity contribution in [1.29, 1.82) is 0 Å². The number of aromatic nitrogens is 1. The monoisotopic (exact) mass is 617 g/mol. The molecule has 4 atom stereocenters. The lowest BCUT2D eigenvalue weighted by Crippen LogP contribution is -2.57. The van der Waals surface area contributed by atoms with Gasteiger partial charge in [-0.05, 0) is 50.3 Å². The Balaban J connectivity index is 2.30. The van der Waals surface area contributed by atoms with Crippen LogP contribution in [0.15, 0.2) is 35.5 Å². The number of nitrogens with one attached hydrogen (secondary N) is 4. The zero-order valence-corrected chi connectivity index (χ0v) is 24.5. The molecule has 44 heavy (non-hydrogen) atoms. The highest BCUT2D eigenvalue weighted by molar-refractivity contribution is 5.95. The SMILES string of the molecule is NCCCCC(N)C(=O)NC(Cc1c[nH]c2ccccc12)C(=O)NC(CCCN=C(N)N)C(=O)NC(CCC(=O)O)C(=O)O.